The maximum Gasteiger partial charge on any atom is 0.0113 e. The van der Waals surface area contributed by atoms with Crippen molar-refractivity contribution >= 4 is 12.8 Å². The molecule has 2 rings (SSSR count). The highest BCUT2D eigenvalue weighted by molar-refractivity contribution is 7.77. The molecule has 0 aliphatic carbocycles. The molecule has 0 aromatic carbocycles. The maximum absolute atomic E-state index is 4.42. The molecular weight excluding hydrogens is 254 g/mol. The van der Waals surface area contributed by atoms with Crippen molar-refractivity contribution in [1.82, 2.24) is 14.1 Å². The Morgan fingerprint density at radius 2 is 1.63 bits per heavy atom. The van der Waals surface area contributed by atoms with E-state index in [1.54, 1.807) is 0 Å². The van der Waals surface area contributed by atoms with E-state index >= 15 is 0 Å². The van der Waals surface area contributed by atoms with Crippen LogP contribution in [0.15, 0.2) is 0 Å². The van der Waals surface area contributed by atoms with Crippen LogP contribution in [0.2, 0.25) is 0 Å². The fourth-order valence-electron chi connectivity index (χ4n) is 3.31. The number of piperazine rings is 1. The maximum atomic E-state index is 4.42. The summed E-state index contributed by atoms with van der Waals surface area (Å²) in [4.78, 5) is 5.26. The molecule has 2 fully saturated rings. The highest BCUT2D eigenvalue weighted by Crippen LogP contribution is 2.22. The number of nitrogens with zero attached hydrogens (tertiary/aromatic N) is 3. The second-order valence-electron chi connectivity index (χ2n) is 6.51. The first-order valence-corrected chi connectivity index (χ1v) is 8.45. The van der Waals surface area contributed by atoms with Crippen molar-refractivity contribution in [3.05, 3.63) is 0 Å². The van der Waals surface area contributed by atoms with Crippen molar-refractivity contribution in [1.29, 1.82) is 0 Å². The van der Waals surface area contributed by atoms with Gasteiger partial charge in [0.25, 0.3) is 0 Å². The molecule has 0 atom stereocenters. The summed E-state index contributed by atoms with van der Waals surface area (Å²) in [6.07, 6.45) is 5.51. The molecule has 0 saturated carbocycles. The molecule has 4 heteroatoms. The number of rotatable bonds is 5. The average molecular weight is 286 g/mol. The molecule has 112 valence electrons. The Balaban J connectivity index is 1.54. The lowest BCUT2D eigenvalue weighted by Crippen LogP contribution is -2.48. The van der Waals surface area contributed by atoms with E-state index in [1.807, 2.05) is 0 Å². The Morgan fingerprint density at radius 1 is 1.00 bits per heavy atom. The summed E-state index contributed by atoms with van der Waals surface area (Å²) in [6.45, 7) is 13.4. The Kier molecular flexibility index (Phi) is 6.46. The van der Waals surface area contributed by atoms with Crippen molar-refractivity contribution in [3.63, 3.8) is 0 Å². The van der Waals surface area contributed by atoms with E-state index in [0.29, 0.717) is 6.04 Å². The van der Waals surface area contributed by atoms with Crippen LogP contribution in [-0.4, -0.2) is 66.0 Å². The van der Waals surface area contributed by atoms with Gasteiger partial charge < -0.3 is 4.90 Å². The highest BCUT2D eigenvalue weighted by Gasteiger charge is 2.20. The fourth-order valence-corrected chi connectivity index (χ4v) is 3.55. The van der Waals surface area contributed by atoms with Gasteiger partial charge in [0.1, 0.15) is 0 Å². The molecule has 2 aliphatic rings. The molecule has 0 N–H and O–H groups in total. The van der Waals surface area contributed by atoms with Crippen LogP contribution in [0.4, 0.5) is 0 Å². The van der Waals surface area contributed by atoms with E-state index < -0.39 is 0 Å². The Morgan fingerprint density at radius 3 is 2.21 bits per heavy atom. The van der Waals surface area contributed by atoms with Crippen LogP contribution in [0.3, 0.4) is 0 Å². The molecular formula is C15H31N3S. The van der Waals surface area contributed by atoms with Gasteiger partial charge in [0.2, 0.25) is 0 Å². The standard InChI is InChI=1S/C15H31N3S/c1-14(2)17-12-10-16(11-13-17)7-3-4-15-5-8-18(19)9-6-15/h14-15,19H,3-13H2,1-2H3. The predicted octanol–water partition coefficient (Wildman–Crippen LogP) is 2.35. The van der Waals surface area contributed by atoms with Gasteiger partial charge in [-0.15, -0.1) is 0 Å². The van der Waals surface area contributed by atoms with Crippen LogP contribution < -0.4 is 0 Å². The minimum Gasteiger partial charge on any atom is -0.301 e. The van der Waals surface area contributed by atoms with Gasteiger partial charge in [0.05, 0.1) is 0 Å². The first-order valence-electron chi connectivity index (χ1n) is 8.05. The lowest BCUT2D eigenvalue weighted by atomic mass is 9.93. The van der Waals surface area contributed by atoms with Crippen molar-refractivity contribution < 1.29 is 0 Å². The number of thiol groups is 1. The van der Waals surface area contributed by atoms with E-state index in [2.05, 4.69) is 40.8 Å². The van der Waals surface area contributed by atoms with Gasteiger partial charge in [-0.1, -0.05) is 12.8 Å². The zero-order valence-corrected chi connectivity index (χ0v) is 13.6. The summed E-state index contributed by atoms with van der Waals surface area (Å²) < 4.78 is 2.17. The van der Waals surface area contributed by atoms with Gasteiger partial charge in [-0.3, -0.25) is 9.21 Å². The van der Waals surface area contributed by atoms with Gasteiger partial charge in [0, 0.05) is 45.3 Å². The van der Waals surface area contributed by atoms with E-state index in [0.717, 1.165) is 5.92 Å². The average Bonchev–Trinajstić information content (AvgIpc) is 2.41. The molecule has 0 amide bonds. The van der Waals surface area contributed by atoms with Gasteiger partial charge in [-0.25, -0.2) is 0 Å². The lowest BCUT2D eigenvalue weighted by molar-refractivity contribution is 0.105. The third-order valence-corrected chi connectivity index (χ3v) is 5.21. The van der Waals surface area contributed by atoms with Gasteiger partial charge in [-0.05, 0) is 52.0 Å². The molecule has 0 aromatic heterocycles. The fraction of sp³-hybridized carbons (Fsp3) is 1.00. The van der Waals surface area contributed by atoms with E-state index in [4.69, 9.17) is 0 Å². The summed E-state index contributed by atoms with van der Waals surface area (Å²) in [6, 6.07) is 0.716. The largest absolute Gasteiger partial charge is 0.301 e. The summed E-state index contributed by atoms with van der Waals surface area (Å²) in [7, 11) is 0. The minimum atomic E-state index is 0.716. The van der Waals surface area contributed by atoms with Crippen LogP contribution >= 0.6 is 12.8 Å². The molecule has 2 saturated heterocycles. The SMILES string of the molecule is CC(C)N1CCN(CCCC2CCN(S)CC2)CC1. The third kappa shape index (κ3) is 5.25. The molecule has 2 heterocycles. The van der Waals surface area contributed by atoms with Crippen LogP contribution in [0.25, 0.3) is 0 Å². The number of hydrogen-bond acceptors (Lipinski definition) is 4. The summed E-state index contributed by atoms with van der Waals surface area (Å²) >= 11 is 4.42. The normalized spacial score (nSPS) is 25.3. The summed E-state index contributed by atoms with van der Waals surface area (Å²) in [5.41, 5.74) is 0. The zero-order chi connectivity index (χ0) is 13.7. The van der Waals surface area contributed by atoms with E-state index in [1.165, 1.54) is 71.5 Å². The van der Waals surface area contributed by atoms with Crippen LogP contribution in [0.1, 0.15) is 39.5 Å². The monoisotopic (exact) mass is 285 g/mol. The molecule has 0 aromatic rings. The van der Waals surface area contributed by atoms with Gasteiger partial charge in [0.15, 0.2) is 0 Å². The summed E-state index contributed by atoms with van der Waals surface area (Å²) in [5.74, 6) is 0.959. The third-order valence-electron chi connectivity index (χ3n) is 4.81. The number of hydrogen-bond donors (Lipinski definition) is 1. The smallest absolute Gasteiger partial charge is 0.0113 e. The summed E-state index contributed by atoms with van der Waals surface area (Å²) in [5, 5.41) is 0. The van der Waals surface area contributed by atoms with Crippen molar-refractivity contribution in [2.24, 2.45) is 5.92 Å². The van der Waals surface area contributed by atoms with Crippen LogP contribution in [0, 0.1) is 5.92 Å². The minimum absolute atomic E-state index is 0.716. The quantitative estimate of drug-likeness (QED) is 0.777. The van der Waals surface area contributed by atoms with Crippen molar-refractivity contribution in [2.45, 2.75) is 45.6 Å². The molecule has 19 heavy (non-hydrogen) atoms. The Hall–Kier alpha value is 0.230. The Labute approximate surface area is 124 Å². The van der Waals surface area contributed by atoms with Crippen LogP contribution in [-0.2, 0) is 0 Å². The van der Waals surface area contributed by atoms with Gasteiger partial charge >= 0.3 is 0 Å². The predicted molar refractivity (Wildman–Crippen MR) is 85.7 cm³/mol. The van der Waals surface area contributed by atoms with Crippen LogP contribution in [0.5, 0.6) is 0 Å². The molecule has 0 spiro atoms. The van der Waals surface area contributed by atoms with E-state index in [-0.39, 0.29) is 0 Å². The second kappa shape index (κ2) is 7.87. The molecule has 0 bridgehead atoms. The lowest BCUT2D eigenvalue weighted by Gasteiger charge is -2.37. The number of piperidine rings is 1. The van der Waals surface area contributed by atoms with E-state index in [9.17, 15) is 0 Å². The molecule has 0 unspecified atom stereocenters. The molecule has 0 radical (unpaired) electrons. The zero-order valence-electron chi connectivity index (χ0n) is 12.7. The second-order valence-corrected chi connectivity index (χ2v) is 7.08. The topological polar surface area (TPSA) is 9.72 Å². The molecule has 2 aliphatic heterocycles. The first kappa shape index (κ1) is 15.6. The Bertz CT molecular complexity index is 244. The van der Waals surface area contributed by atoms with Crippen molar-refractivity contribution in [3.8, 4) is 0 Å². The van der Waals surface area contributed by atoms with Gasteiger partial charge in [-0.2, -0.15) is 0 Å². The first-order chi connectivity index (χ1) is 9.15. The highest BCUT2D eigenvalue weighted by atomic mass is 32.1. The van der Waals surface area contributed by atoms with Crippen molar-refractivity contribution in [2.75, 3.05) is 45.8 Å². The molecule has 3 nitrogen and oxygen atoms in total.